The van der Waals surface area contributed by atoms with Gasteiger partial charge in [-0.15, -0.1) is 0 Å². The molecule has 27 heavy (non-hydrogen) atoms. The largest absolute Gasteiger partial charge is 0.449 e. The molecule has 0 amide bonds. The molecule has 5 nitrogen and oxygen atoms in total. The molecule has 1 unspecified atom stereocenters. The molecule has 0 spiro atoms. The SMILES string of the molecule is CCC1(C)OC(=O)C(Oc2ccc(Br)cc2)=C1c1ccc(S(C)(=O)=O)cc1. The third kappa shape index (κ3) is 3.94. The van der Waals surface area contributed by atoms with Gasteiger partial charge in [-0.25, -0.2) is 13.2 Å². The number of hydrogen-bond donors (Lipinski definition) is 0. The van der Waals surface area contributed by atoms with Crippen molar-refractivity contribution in [3.8, 4) is 5.75 Å². The minimum absolute atomic E-state index is 0.119. The van der Waals surface area contributed by atoms with Crippen molar-refractivity contribution < 1.29 is 22.7 Å². The van der Waals surface area contributed by atoms with Gasteiger partial charge in [-0.05, 0) is 55.3 Å². The Morgan fingerprint density at radius 2 is 1.67 bits per heavy atom. The molecule has 1 heterocycles. The molecule has 1 atom stereocenters. The number of hydrogen-bond acceptors (Lipinski definition) is 5. The number of halogens is 1. The number of carbonyl (C=O) groups excluding carboxylic acids is 1. The molecule has 2 aromatic rings. The maximum atomic E-state index is 12.5. The second kappa shape index (κ2) is 7.13. The van der Waals surface area contributed by atoms with Crippen LogP contribution in [0.1, 0.15) is 25.8 Å². The average molecular weight is 451 g/mol. The summed E-state index contributed by atoms with van der Waals surface area (Å²) in [5.41, 5.74) is 0.441. The van der Waals surface area contributed by atoms with Crippen molar-refractivity contribution in [2.75, 3.05) is 6.26 Å². The molecule has 0 bridgehead atoms. The van der Waals surface area contributed by atoms with Crippen LogP contribution >= 0.6 is 15.9 Å². The summed E-state index contributed by atoms with van der Waals surface area (Å²) >= 11 is 3.36. The maximum Gasteiger partial charge on any atom is 0.375 e. The maximum absolute atomic E-state index is 12.5. The van der Waals surface area contributed by atoms with Gasteiger partial charge in [-0.1, -0.05) is 35.0 Å². The molecular weight excluding hydrogens is 432 g/mol. The molecule has 1 aliphatic heterocycles. The number of carbonyl (C=O) groups is 1. The highest BCUT2D eigenvalue weighted by Crippen LogP contribution is 2.42. The van der Waals surface area contributed by atoms with E-state index in [-0.39, 0.29) is 10.7 Å². The van der Waals surface area contributed by atoms with E-state index in [1.165, 1.54) is 12.1 Å². The third-order valence-electron chi connectivity index (χ3n) is 4.54. The van der Waals surface area contributed by atoms with Gasteiger partial charge in [0.2, 0.25) is 5.76 Å². The first-order valence-corrected chi connectivity index (χ1v) is 11.0. The molecule has 7 heteroatoms. The second-order valence-electron chi connectivity index (χ2n) is 6.53. The van der Waals surface area contributed by atoms with Crippen LogP contribution in [0.2, 0.25) is 0 Å². The summed E-state index contributed by atoms with van der Waals surface area (Å²) in [6, 6.07) is 13.5. The van der Waals surface area contributed by atoms with Gasteiger partial charge in [0.25, 0.3) is 0 Å². The van der Waals surface area contributed by atoms with Crippen LogP contribution < -0.4 is 4.74 Å². The lowest BCUT2D eigenvalue weighted by Gasteiger charge is -2.24. The van der Waals surface area contributed by atoms with E-state index in [1.54, 1.807) is 24.3 Å². The summed E-state index contributed by atoms with van der Waals surface area (Å²) in [6.07, 6.45) is 1.71. The zero-order valence-corrected chi connectivity index (χ0v) is 17.6. The lowest BCUT2D eigenvalue weighted by atomic mass is 9.88. The number of esters is 1. The van der Waals surface area contributed by atoms with E-state index in [0.29, 0.717) is 23.3 Å². The second-order valence-corrected chi connectivity index (χ2v) is 9.46. The molecule has 0 radical (unpaired) electrons. The van der Waals surface area contributed by atoms with Crippen molar-refractivity contribution in [2.45, 2.75) is 30.8 Å². The van der Waals surface area contributed by atoms with E-state index in [2.05, 4.69) is 15.9 Å². The van der Waals surface area contributed by atoms with E-state index >= 15 is 0 Å². The molecular formula is C20H19BrO5S. The average Bonchev–Trinajstić information content (AvgIpc) is 2.87. The van der Waals surface area contributed by atoms with E-state index in [9.17, 15) is 13.2 Å². The van der Waals surface area contributed by atoms with Gasteiger partial charge in [0.1, 0.15) is 11.4 Å². The first kappa shape index (κ1) is 19.6. The number of benzene rings is 2. The molecule has 1 aliphatic rings. The van der Waals surface area contributed by atoms with Crippen LogP contribution in [-0.2, 0) is 19.4 Å². The minimum Gasteiger partial charge on any atom is -0.449 e. The van der Waals surface area contributed by atoms with Crippen LogP contribution in [-0.4, -0.2) is 26.2 Å². The highest BCUT2D eigenvalue weighted by atomic mass is 79.9. The van der Waals surface area contributed by atoms with Gasteiger partial charge < -0.3 is 9.47 Å². The van der Waals surface area contributed by atoms with E-state index < -0.39 is 21.4 Å². The van der Waals surface area contributed by atoms with Gasteiger partial charge in [0.15, 0.2) is 9.84 Å². The zero-order chi connectivity index (χ0) is 19.8. The summed E-state index contributed by atoms with van der Waals surface area (Å²) in [4.78, 5) is 12.7. The minimum atomic E-state index is -3.30. The van der Waals surface area contributed by atoms with Crippen LogP contribution in [0.15, 0.2) is 63.7 Å². The smallest absolute Gasteiger partial charge is 0.375 e. The Morgan fingerprint density at radius 3 is 2.19 bits per heavy atom. The molecule has 0 aliphatic carbocycles. The van der Waals surface area contributed by atoms with Crippen LogP contribution in [0, 0.1) is 0 Å². The van der Waals surface area contributed by atoms with Crippen LogP contribution in [0.4, 0.5) is 0 Å². The fraction of sp³-hybridized carbons (Fsp3) is 0.250. The summed E-state index contributed by atoms with van der Waals surface area (Å²) in [7, 11) is -3.30. The topological polar surface area (TPSA) is 69.7 Å². The summed E-state index contributed by atoms with van der Waals surface area (Å²) in [5, 5.41) is 0. The standard InChI is InChI=1S/C20H19BrO5S/c1-4-20(2)17(13-5-11-16(12-6-13)27(3,23)24)18(19(22)26-20)25-15-9-7-14(21)8-10-15/h5-12H,4H2,1-3H3. The Balaban J connectivity index is 2.10. The Hall–Kier alpha value is -2.12. The molecule has 0 N–H and O–H groups in total. The summed E-state index contributed by atoms with van der Waals surface area (Å²) in [6.45, 7) is 3.74. The Kier molecular flexibility index (Phi) is 5.18. The van der Waals surface area contributed by atoms with E-state index in [4.69, 9.17) is 9.47 Å². The quantitative estimate of drug-likeness (QED) is 0.632. The fourth-order valence-corrected chi connectivity index (χ4v) is 3.81. The van der Waals surface area contributed by atoms with Crippen LogP contribution in [0.5, 0.6) is 5.75 Å². The highest BCUT2D eigenvalue weighted by molar-refractivity contribution is 9.10. The Labute approximate surface area is 167 Å². The van der Waals surface area contributed by atoms with Crippen molar-refractivity contribution in [3.05, 3.63) is 64.3 Å². The Bertz CT molecular complexity index is 1010. The van der Waals surface area contributed by atoms with Crippen molar-refractivity contribution in [1.82, 2.24) is 0 Å². The lowest BCUT2D eigenvalue weighted by Crippen LogP contribution is -2.26. The van der Waals surface area contributed by atoms with Crippen molar-refractivity contribution in [1.29, 1.82) is 0 Å². The highest BCUT2D eigenvalue weighted by Gasteiger charge is 2.45. The zero-order valence-electron chi connectivity index (χ0n) is 15.2. The number of ether oxygens (including phenoxy) is 2. The fourth-order valence-electron chi connectivity index (χ4n) is 2.91. The van der Waals surface area contributed by atoms with Gasteiger partial charge in [0, 0.05) is 10.7 Å². The van der Waals surface area contributed by atoms with Crippen molar-refractivity contribution >= 4 is 37.3 Å². The van der Waals surface area contributed by atoms with E-state index in [0.717, 1.165) is 10.7 Å². The first-order valence-electron chi connectivity index (χ1n) is 8.36. The van der Waals surface area contributed by atoms with Gasteiger partial charge in [-0.3, -0.25) is 0 Å². The molecule has 142 valence electrons. The lowest BCUT2D eigenvalue weighted by molar-refractivity contribution is -0.147. The third-order valence-corrected chi connectivity index (χ3v) is 6.20. The van der Waals surface area contributed by atoms with Gasteiger partial charge in [-0.2, -0.15) is 0 Å². The predicted molar refractivity (Wildman–Crippen MR) is 106 cm³/mol. The number of rotatable bonds is 5. The van der Waals surface area contributed by atoms with Crippen LogP contribution in [0.25, 0.3) is 5.57 Å². The van der Waals surface area contributed by atoms with Gasteiger partial charge in [0.05, 0.1) is 10.5 Å². The number of sulfone groups is 1. The molecule has 2 aromatic carbocycles. The molecule has 3 rings (SSSR count). The van der Waals surface area contributed by atoms with Crippen LogP contribution in [0.3, 0.4) is 0 Å². The number of cyclic esters (lactones) is 1. The monoisotopic (exact) mass is 450 g/mol. The molecule has 0 fully saturated rings. The van der Waals surface area contributed by atoms with Crippen molar-refractivity contribution in [3.63, 3.8) is 0 Å². The van der Waals surface area contributed by atoms with E-state index in [1.807, 2.05) is 26.0 Å². The normalized spacial score (nSPS) is 19.9. The molecule has 0 saturated heterocycles. The Morgan fingerprint density at radius 1 is 1.07 bits per heavy atom. The molecule has 0 saturated carbocycles. The predicted octanol–water partition coefficient (Wildman–Crippen LogP) is 4.37. The first-order chi connectivity index (χ1) is 12.6. The van der Waals surface area contributed by atoms with Gasteiger partial charge >= 0.3 is 5.97 Å². The summed E-state index contributed by atoms with van der Waals surface area (Å²) in [5.74, 6) is 0.0917. The molecule has 0 aromatic heterocycles. The summed E-state index contributed by atoms with van der Waals surface area (Å²) < 4.78 is 35.8. The van der Waals surface area contributed by atoms with Crippen molar-refractivity contribution in [2.24, 2.45) is 0 Å².